The number of carbonyl (C=O) groups excluding carboxylic acids is 1. The van der Waals surface area contributed by atoms with Gasteiger partial charge in [-0.15, -0.1) is 0 Å². The normalized spacial score (nSPS) is 15.4. The number of rotatable bonds is 6. The minimum atomic E-state index is -3.45. The standard InChI is InChI=1S/C20H23ClN2O3S/c21-17-7-4-16(5-8-17)6-13-20(24)22-18-9-11-19(12-10-18)27(25,26)23-14-2-1-3-15-23/h4-5,7-12H,1-3,6,13-15H2,(H,22,24). The van der Waals surface area contributed by atoms with Gasteiger partial charge in [0.25, 0.3) is 0 Å². The molecule has 144 valence electrons. The molecule has 1 aliphatic rings. The van der Waals surface area contributed by atoms with Crippen LogP contribution in [0, 0.1) is 0 Å². The molecule has 0 atom stereocenters. The first-order valence-corrected chi connectivity index (χ1v) is 10.9. The highest BCUT2D eigenvalue weighted by atomic mass is 35.5. The van der Waals surface area contributed by atoms with E-state index in [1.165, 1.54) is 4.31 Å². The third-order valence-corrected chi connectivity index (χ3v) is 6.81. The van der Waals surface area contributed by atoms with Gasteiger partial charge in [-0.3, -0.25) is 4.79 Å². The summed E-state index contributed by atoms with van der Waals surface area (Å²) in [5.74, 6) is -0.114. The maximum Gasteiger partial charge on any atom is 0.243 e. The van der Waals surface area contributed by atoms with Crippen LogP contribution in [0.3, 0.4) is 0 Å². The van der Waals surface area contributed by atoms with Crippen LogP contribution in [0.5, 0.6) is 0 Å². The number of hydrogen-bond donors (Lipinski definition) is 1. The Hall–Kier alpha value is -1.89. The SMILES string of the molecule is O=C(CCc1ccc(Cl)cc1)Nc1ccc(S(=O)(=O)N2CCCCC2)cc1. The number of benzene rings is 2. The van der Waals surface area contributed by atoms with E-state index in [2.05, 4.69) is 5.32 Å². The van der Waals surface area contributed by atoms with Gasteiger partial charge in [-0.05, 0) is 61.2 Å². The van der Waals surface area contributed by atoms with Gasteiger partial charge in [-0.1, -0.05) is 30.2 Å². The molecule has 27 heavy (non-hydrogen) atoms. The minimum absolute atomic E-state index is 0.114. The minimum Gasteiger partial charge on any atom is -0.326 e. The molecule has 0 bridgehead atoms. The number of hydrogen-bond acceptors (Lipinski definition) is 3. The number of piperidine rings is 1. The molecule has 1 saturated heterocycles. The van der Waals surface area contributed by atoms with Gasteiger partial charge in [0.2, 0.25) is 15.9 Å². The van der Waals surface area contributed by atoms with Crippen molar-refractivity contribution in [3.05, 3.63) is 59.1 Å². The van der Waals surface area contributed by atoms with E-state index in [0.717, 1.165) is 24.8 Å². The first kappa shape index (κ1) is 19.9. The van der Waals surface area contributed by atoms with Crippen molar-refractivity contribution in [2.24, 2.45) is 0 Å². The number of halogens is 1. The van der Waals surface area contributed by atoms with Gasteiger partial charge in [-0.25, -0.2) is 8.42 Å². The summed E-state index contributed by atoms with van der Waals surface area (Å²) in [6.07, 6.45) is 3.84. The topological polar surface area (TPSA) is 66.5 Å². The first-order valence-electron chi connectivity index (χ1n) is 9.10. The molecule has 0 aliphatic carbocycles. The number of anilines is 1. The van der Waals surface area contributed by atoms with E-state index in [1.807, 2.05) is 12.1 Å². The van der Waals surface area contributed by atoms with Gasteiger partial charge in [0, 0.05) is 30.2 Å². The zero-order valence-electron chi connectivity index (χ0n) is 15.0. The molecule has 5 nitrogen and oxygen atoms in total. The summed E-state index contributed by atoms with van der Waals surface area (Å²) in [6, 6.07) is 13.8. The molecule has 7 heteroatoms. The summed E-state index contributed by atoms with van der Waals surface area (Å²) < 4.78 is 26.8. The molecule has 3 rings (SSSR count). The summed E-state index contributed by atoms with van der Waals surface area (Å²) in [6.45, 7) is 1.15. The van der Waals surface area contributed by atoms with Crippen molar-refractivity contribution in [2.75, 3.05) is 18.4 Å². The number of amides is 1. The van der Waals surface area contributed by atoms with Crippen molar-refractivity contribution in [2.45, 2.75) is 37.0 Å². The smallest absolute Gasteiger partial charge is 0.243 e. The molecule has 0 unspecified atom stereocenters. The number of sulfonamides is 1. The van der Waals surface area contributed by atoms with Crippen LogP contribution in [0.15, 0.2) is 53.4 Å². The molecule has 0 spiro atoms. The Morgan fingerprint density at radius 3 is 2.22 bits per heavy atom. The Kier molecular flexibility index (Phi) is 6.52. The number of aryl methyl sites for hydroxylation is 1. The fraction of sp³-hybridized carbons (Fsp3) is 0.350. The molecule has 0 saturated carbocycles. The quantitative estimate of drug-likeness (QED) is 0.785. The zero-order valence-corrected chi connectivity index (χ0v) is 16.6. The fourth-order valence-electron chi connectivity index (χ4n) is 3.10. The van der Waals surface area contributed by atoms with Crippen LogP contribution in [0.1, 0.15) is 31.2 Å². The summed E-state index contributed by atoms with van der Waals surface area (Å²) in [5, 5.41) is 3.48. The van der Waals surface area contributed by atoms with E-state index in [1.54, 1.807) is 36.4 Å². The van der Waals surface area contributed by atoms with Crippen molar-refractivity contribution in [3.8, 4) is 0 Å². The average Bonchev–Trinajstić information content (AvgIpc) is 2.69. The average molecular weight is 407 g/mol. The maximum absolute atomic E-state index is 12.6. The highest BCUT2D eigenvalue weighted by Crippen LogP contribution is 2.22. The first-order chi connectivity index (χ1) is 12.9. The third kappa shape index (κ3) is 5.31. The van der Waals surface area contributed by atoms with Crippen molar-refractivity contribution < 1.29 is 13.2 Å². The molecular weight excluding hydrogens is 384 g/mol. The van der Waals surface area contributed by atoms with E-state index >= 15 is 0 Å². The molecule has 1 heterocycles. The number of nitrogens with one attached hydrogen (secondary N) is 1. The monoisotopic (exact) mass is 406 g/mol. The molecule has 0 radical (unpaired) electrons. The molecule has 1 amide bonds. The van der Waals surface area contributed by atoms with Crippen molar-refractivity contribution >= 4 is 33.2 Å². The predicted molar refractivity (Wildman–Crippen MR) is 107 cm³/mol. The van der Waals surface area contributed by atoms with E-state index in [0.29, 0.717) is 36.6 Å². The Morgan fingerprint density at radius 2 is 1.59 bits per heavy atom. The molecule has 1 fully saturated rings. The molecular formula is C20H23ClN2O3S. The van der Waals surface area contributed by atoms with Crippen LogP contribution in [-0.2, 0) is 21.2 Å². The Labute approximate surface area is 165 Å². The fourth-order valence-corrected chi connectivity index (χ4v) is 4.74. The molecule has 1 aliphatic heterocycles. The highest BCUT2D eigenvalue weighted by Gasteiger charge is 2.25. The summed E-state index contributed by atoms with van der Waals surface area (Å²) in [7, 11) is -3.45. The van der Waals surface area contributed by atoms with Gasteiger partial charge >= 0.3 is 0 Å². The second kappa shape index (κ2) is 8.87. The van der Waals surface area contributed by atoms with Gasteiger partial charge < -0.3 is 5.32 Å². The Morgan fingerprint density at radius 1 is 0.963 bits per heavy atom. The van der Waals surface area contributed by atoms with Crippen LogP contribution in [0.25, 0.3) is 0 Å². The van der Waals surface area contributed by atoms with Crippen LogP contribution in [-0.4, -0.2) is 31.7 Å². The van der Waals surface area contributed by atoms with E-state index < -0.39 is 10.0 Å². The van der Waals surface area contributed by atoms with Crippen molar-refractivity contribution in [3.63, 3.8) is 0 Å². The van der Waals surface area contributed by atoms with E-state index in [4.69, 9.17) is 11.6 Å². The molecule has 2 aromatic carbocycles. The Balaban J connectivity index is 1.56. The second-order valence-corrected chi connectivity index (χ2v) is 9.04. The molecule has 2 aromatic rings. The molecule has 1 N–H and O–H groups in total. The third-order valence-electron chi connectivity index (χ3n) is 4.64. The van der Waals surface area contributed by atoms with Crippen molar-refractivity contribution in [1.82, 2.24) is 4.31 Å². The van der Waals surface area contributed by atoms with Gasteiger partial charge in [-0.2, -0.15) is 4.31 Å². The summed E-state index contributed by atoms with van der Waals surface area (Å²) in [5.41, 5.74) is 1.63. The lowest BCUT2D eigenvalue weighted by atomic mass is 10.1. The number of carbonyl (C=O) groups is 1. The van der Waals surface area contributed by atoms with Crippen molar-refractivity contribution in [1.29, 1.82) is 0 Å². The largest absolute Gasteiger partial charge is 0.326 e. The number of nitrogens with zero attached hydrogens (tertiary/aromatic N) is 1. The van der Waals surface area contributed by atoms with Crippen LogP contribution >= 0.6 is 11.6 Å². The zero-order chi connectivity index (χ0) is 19.3. The summed E-state index contributed by atoms with van der Waals surface area (Å²) in [4.78, 5) is 12.4. The lowest BCUT2D eigenvalue weighted by molar-refractivity contribution is -0.116. The van der Waals surface area contributed by atoms with Gasteiger partial charge in [0.15, 0.2) is 0 Å². The second-order valence-electron chi connectivity index (χ2n) is 6.66. The maximum atomic E-state index is 12.6. The van der Waals surface area contributed by atoms with Crippen LogP contribution < -0.4 is 5.32 Å². The van der Waals surface area contributed by atoms with Gasteiger partial charge in [0.05, 0.1) is 4.90 Å². The van der Waals surface area contributed by atoms with Crippen LogP contribution in [0.4, 0.5) is 5.69 Å². The predicted octanol–water partition coefficient (Wildman–Crippen LogP) is 4.09. The summed E-state index contributed by atoms with van der Waals surface area (Å²) >= 11 is 5.85. The van der Waals surface area contributed by atoms with E-state index in [-0.39, 0.29) is 10.8 Å². The van der Waals surface area contributed by atoms with E-state index in [9.17, 15) is 13.2 Å². The van der Waals surface area contributed by atoms with Crippen LogP contribution in [0.2, 0.25) is 5.02 Å². The highest BCUT2D eigenvalue weighted by molar-refractivity contribution is 7.89. The lowest BCUT2D eigenvalue weighted by Gasteiger charge is -2.25. The lowest BCUT2D eigenvalue weighted by Crippen LogP contribution is -2.35. The molecule has 0 aromatic heterocycles. The van der Waals surface area contributed by atoms with Gasteiger partial charge in [0.1, 0.15) is 0 Å². The Bertz CT molecular complexity index is 874.